The van der Waals surface area contributed by atoms with Crippen molar-refractivity contribution in [1.82, 2.24) is 0 Å². The molecule has 2 heteroatoms. The molecule has 2 rings (SSSR count). The number of rotatable bonds is 3. The second kappa shape index (κ2) is 4.52. The molecule has 0 bridgehead atoms. The summed E-state index contributed by atoms with van der Waals surface area (Å²) in [6.07, 6.45) is 3.70. The summed E-state index contributed by atoms with van der Waals surface area (Å²) in [5.41, 5.74) is 2.41. The maximum Gasteiger partial charge on any atom is 0.147 e. The van der Waals surface area contributed by atoms with Gasteiger partial charge in [-0.2, -0.15) is 0 Å². The van der Waals surface area contributed by atoms with E-state index in [-0.39, 0.29) is 11.6 Å². The smallest absolute Gasteiger partial charge is 0.147 e. The minimum atomic E-state index is -0.951. The zero-order chi connectivity index (χ0) is 13.3. The Labute approximate surface area is 108 Å². The van der Waals surface area contributed by atoms with E-state index in [9.17, 15) is 9.59 Å². The highest BCUT2D eigenvalue weighted by Crippen LogP contribution is 2.37. The molecule has 0 aliphatic heterocycles. The number of benzene rings is 1. The van der Waals surface area contributed by atoms with Crippen LogP contribution in [0.5, 0.6) is 0 Å². The molecule has 0 radical (unpaired) electrons. The van der Waals surface area contributed by atoms with E-state index in [2.05, 4.69) is 6.07 Å². The molecule has 0 unspecified atom stereocenters. The van der Waals surface area contributed by atoms with Gasteiger partial charge in [0.1, 0.15) is 17.0 Å². The maximum atomic E-state index is 11.9. The standard InChI is InChI=1S/C16H18O2/c1-11(17)16(3,12(2)18)15-9-8-13-6-4-5-7-14(13)10-15/h4-7,10H,8-9H2,1-3H3. The van der Waals surface area contributed by atoms with Crippen LogP contribution in [0.4, 0.5) is 0 Å². The van der Waals surface area contributed by atoms with Crippen molar-refractivity contribution in [1.29, 1.82) is 0 Å². The van der Waals surface area contributed by atoms with E-state index in [0.29, 0.717) is 0 Å². The summed E-state index contributed by atoms with van der Waals surface area (Å²) in [5, 5.41) is 0. The van der Waals surface area contributed by atoms with Crippen LogP contribution >= 0.6 is 0 Å². The molecule has 94 valence electrons. The number of ketones is 2. The molecule has 1 aliphatic rings. The van der Waals surface area contributed by atoms with Crippen LogP contribution in [0, 0.1) is 5.41 Å². The van der Waals surface area contributed by atoms with Gasteiger partial charge in [0.25, 0.3) is 0 Å². The van der Waals surface area contributed by atoms with Crippen molar-refractivity contribution in [2.24, 2.45) is 5.41 Å². The van der Waals surface area contributed by atoms with Gasteiger partial charge in [0.05, 0.1) is 0 Å². The minimum absolute atomic E-state index is 0.0689. The Bertz CT molecular complexity index is 524. The van der Waals surface area contributed by atoms with Gasteiger partial charge in [-0.3, -0.25) is 9.59 Å². The number of fused-ring (bicyclic) bond motifs is 1. The van der Waals surface area contributed by atoms with E-state index in [1.807, 2.05) is 24.3 Å². The lowest BCUT2D eigenvalue weighted by atomic mass is 9.71. The normalized spacial score (nSPS) is 14.7. The summed E-state index contributed by atoms with van der Waals surface area (Å²) in [4.78, 5) is 23.7. The third-order valence-corrected chi connectivity index (χ3v) is 4.10. The molecule has 0 fully saturated rings. The van der Waals surface area contributed by atoms with Gasteiger partial charge < -0.3 is 0 Å². The van der Waals surface area contributed by atoms with Crippen molar-refractivity contribution >= 4 is 17.6 Å². The van der Waals surface area contributed by atoms with E-state index < -0.39 is 5.41 Å². The fraction of sp³-hybridized carbons (Fsp3) is 0.375. The van der Waals surface area contributed by atoms with E-state index in [1.54, 1.807) is 6.92 Å². The summed E-state index contributed by atoms with van der Waals surface area (Å²) in [6, 6.07) is 8.14. The first-order valence-electron chi connectivity index (χ1n) is 6.27. The van der Waals surface area contributed by atoms with Gasteiger partial charge in [-0.05, 0) is 50.3 Å². The van der Waals surface area contributed by atoms with Crippen LogP contribution in [-0.4, -0.2) is 11.6 Å². The van der Waals surface area contributed by atoms with Gasteiger partial charge in [-0.1, -0.05) is 30.3 Å². The number of Topliss-reactive ketones (excluding diaryl/α,β-unsaturated/α-hetero) is 2. The monoisotopic (exact) mass is 242 g/mol. The third-order valence-electron chi connectivity index (χ3n) is 4.10. The number of allylic oxidation sites excluding steroid dienone is 1. The lowest BCUT2D eigenvalue weighted by Crippen LogP contribution is -2.36. The number of aryl methyl sites for hydroxylation is 1. The van der Waals surface area contributed by atoms with Crippen molar-refractivity contribution in [3.05, 3.63) is 41.0 Å². The van der Waals surface area contributed by atoms with Crippen molar-refractivity contribution in [2.45, 2.75) is 33.6 Å². The van der Waals surface area contributed by atoms with E-state index in [4.69, 9.17) is 0 Å². The van der Waals surface area contributed by atoms with Crippen molar-refractivity contribution in [3.63, 3.8) is 0 Å². The molecule has 0 aromatic heterocycles. The van der Waals surface area contributed by atoms with Crippen LogP contribution in [-0.2, 0) is 16.0 Å². The molecule has 0 atom stereocenters. The number of carbonyl (C=O) groups excluding carboxylic acids is 2. The summed E-state index contributed by atoms with van der Waals surface area (Å²) >= 11 is 0. The maximum absolute atomic E-state index is 11.9. The lowest BCUT2D eigenvalue weighted by Gasteiger charge is -2.30. The molecular weight excluding hydrogens is 224 g/mol. The molecule has 2 nitrogen and oxygen atoms in total. The van der Waals surface area contributed by atoms with Crippen LogP contribution in [0.2, 0.25) is 0 Å². The third kappa shape index (κ3) is 1.92. The first-order valence-corrected chi connectivity index (χ1v) is 6.27. The molecule has 0 amide bonds. The zero-order valence-electron chi connectivity index (χ0n) is 11.1. The van der Waals surface area contributed by atoms with Gasteiger partial charge in [-0.25, -0.2) is 0 Å². The largest absolute Gasteiger partial charge is 0.299 e. The molecule has 0 spiro atoms. The Morgan fingerprint density at radius 3 is 2.28 bits per heavy atom. The summed E-state index contributed by atoms with van der Waals surface area (Å²) in [5.74, 6) is -0.138. The highest BCUT2D eigenvalue weighted by molar-refractivity contribution is 6.08. The molecule has 0 saturated carbocycles. The van der Waals surface area contributed by atoms with Gasteiger partial charge in [0, 0.05) is 0 Å². The SMILES string of the molecule is CC(=O)C(C)(C(C)=O)C1=Cc2ccccc2CC1. The highest BCUT2D eigenvalue weighted by atomic mass is 16.2. The Kier molecular flexibility index (Phi) is 3.20. The highest BCUT2D eigenvalue weighted by Gasteiger charge is 2.39. The topological polar surface area (TPSA) is 34.1 Å². The van der Waals surface area contributed by atoms with Crippen molar-refractivity contribution < 1.29 is 9.59 Å². The second-order valence-electron chi connectivity index (χ2n) is 5.11. The molecule has 18 heavy (non-hydrogen) atoms. The predicted octanol–water partition coefficient (Wildman–Crippen LogP) is 3.20. The summed E-state index contributed by atoms with van der Waals surface area (Å²) in [7, 11) is 0. The Balaban J connectivity index is 2.50. The van der Waals surface area contributed by atoms with E-state index in [1.165, 1.54) is 19.4 Å². The predicted molar refractivity (Wildman–Crippen MR) is 72.2 cm³/mol. The molecule has 0 saturated heterocycles. The minimum Gasteiger partial charge on any atom is -0.299 e. The van der Waals surface area contributed by atoms with Gasteiger partial charge >= 0.3 is 0 Å². The van der Waals surface area contributed by atoms with Crippen LogP contribution in [0.25, 0.3) is 6.08 Å². The Morgan fingerprint density at radius 2 is 1.67 bits per heavy atom. The average Bonchev–Trinajstić information content (AvgIpc) is 2.36. The molecule has 1 aromatic carbocycles. The number of hydrogen-bond donors (Lipinski definition) is 0. The zero-order valence-corrected chi connectivity index (χ0v) is 11.1. The Morgan fingerprint density at radius 1 is 1.06 bits per heavy atom. The first-order chi connectivity index (χ1) is 8.46. The molecular formula is C16H18O2. The number of hydrogen-bond acceptors (Lipinski definition) is 2. The first kappa shape index (κ1) is 12.7. The fourth-order valence-corrected chi connectivity index (χ4v) is 2.53. The lowest BCUT2D eigenvalue weighted by molar-refractivity contribution is -0.134. The number of carbonyl (C=O) groups is 2. The van der Waals surface area contributed by atoms with Gasteiger partial charge in [0.2, 0.25) is 0 Å². The summed E-state index contributed by atoms with van der Waals surface area (Å²) < 4.78 is 0. The van der Waals surface area contributed by atoms with Crippen LogP contribution in [0.1, 0.15) is 38.3 Å². The van der Waals surface area contributed by atoms with Gasteiger partial charge in [0.15, 0.2) is 0 Å². The van der Waals surface area contributed by atoms with Crippen molar-refractivity contribution in [2.75, 3.05) is 0 Å². The van der Waals surface area contributed by atoms with Crippen LogP contribution < -0.4 is 0 Å². The average molecular weight is 242 g/mol. The van der Waals surface area contributed by atoms with Crippen LogP contribution in [0.3, 0.4) is 0 Å². The second-order valence-corrected chi connectivity index (χ2v) is 5.11. The van der Waals surface area contributed by atoms with Crippen LogP contribution in [0.15, 0.2) is 29.8 Å². The fourth-order valence-electron chi connectivity index (χ4n) is 2.53. The van der Waals surface area contributed by atoms with E-state index in [0.717, 1.165) is 24.0 Å². The summed E-state index contributed by atoms with van der Waals surface area (Å²) in [6.45, 7) is 4.75. The Hall–Kier alpha value is -1.70. The van der Waals surface area contributed by atoms with Gasteiger partial charge in [-0.15, -0.1) is 0 Å². The van der Waals surface area contributed by atoms with E-state index >= 15 is 0 Å². The quantitative estimate of drug-likeness (QED) is 0.763. The van der Waals surface area contributed by atoms with Crippen molar-refractivity contribution in [3.8, 4) is 0 Å². The molecule has 0 N–H and O–H groups in total. The molecule has 1 aromatic rings. The molecule has 1 aliphatic carbocycles. The molecule has 0 heterocycles.